The lowest BCUT2D eigenvalue weighted by molar-refractivity contribution is 0.443. The van der Waals surface area contributed by atoms with Crippen LogP contribution in [0.5, 0.6) is 0 Å². The minimum Gasteiger partial charge on any atom is -0.444 e. The van der Waals surface area contributed by atoms with Crippen LogP contribution in [0.15, 0.2) is 33.7 Å². The van der Waals surface area contributed by atoms with Gasteiger partial charge in [0.25, 0.3) is 0 Å². The summed E-state index contributed by atoms with van der Waals surface area (Å²) in [4.78, 5) is 10.7. The number of benzene rings is 1. The van der Waals surface area contributed by atoms with Crippen molar-refractivity contribution in [2.24, 2.45) is 4.99 Å². The summed E-state index contributed by atoms with van der Waals surface area (Å²) in [6, 6.07) is 7.80. The normalized spacial score (nSPS) is 11.6. The first-order chi connectivity index (χ1) is 10.5. The van der Waals surface area contributed by atoms with Gasteiger partial charge in [0.05, 0.1) is 12.2 Å². The van der Waals surface area contributed by atoms with Crippen molar-refractivity contribution in [2.45, 2.75) is 26.9 Å². The van der Waals surface area contributed by atoms with E-state index >= 15 is 0 Å². The third kappa shape index (κ3) is 4.24. The summed E-state index contributed by atoms with van der Waals surface area (Å²) in [5, 5.41) is 3.98. The summed E-state index contributed by atoms with van der Waals surface area (Å²) < 4.78 is 5.56. The van der Waals surface area contributed by atoms with Crippen LogP contribution in [0.1, 0.15) is 22.9 Å². The van der Waals surface area contributed by atoms with Crippen molar-refractivity contribution in [3.05, 3.63) is 52.2 Å². The van der Waals surface area contributed by atoms with Crippen molar-refractivity contribution >= 4 is 17.6 Å². The molecule has 5 nitrogen and oxygen atoms in total. The van der Waals surface area contributed by atoms with Crippen LogP contribution in [0, 0.1) is 13.8 Å². The second kappa shape index (κ2) is 7.31. The highest BCUT2D eigenvalue weighted by atomic mass is 35.5. The average Bonchev–Trinajstić information content (AvgIpc) is 2.78. The number of hydrogen-bond donors (Lipinski definition) is 1. The van der Waals surface area contributed by atoms with Crippen molar-refractivity contribution in [2.75, 3.05) is 14.1 Å². The van der Waals surface area contributed by atoms with E-state index in [1.54, 1.807) is 7.05 Å². The van der Waals surface area contributed by atoms with Crippen LogP contribution in [0.3, 0.4) is 0 Å². The smallest absolute Gasteiger partial charge is 0.214 e. The molecule has 0 fully saturated rings. The van der Waals surface area contributed by atoms with Gasteiger partial charge in [-0.3, -0.25) is 4.99 Å². The number of oxazole rings is 1. The number of aromatic nitrogens is 1. The Balaban J connectivity index is 1.96. The van der Waals surface area contributed by atoms with Crippen LogP contribution < -0.4 is 5.32 Å². The van der Waals surface area contributed by atoms with Gasteiger partial charge in [-0.2, -0.15) is 0 Å². The Morgan fingerprint density at radius 1 is 1.41 bits per heavy atom. The molecule has 1 N–H and O–H groups in total. The Morgan fingerprint density at radius 3 is 2.77 bits per heavy atom. The van der Waals surface area contributed by atoms with Gasteiger partial charge in [-0.1, -0.05) is 23.7 Å². The molecule has 0 spiro atoms. The lowest BCUT2D eigenvalue weighted by Gasteiger charge is -2.21. The summed E-state index contributed by atoms with van der Waals surface area (Å²) >= 11 is 6.02. The Hall–Kier alpha value is -2.01. The van der Waals surface area contributed by atoms with Gasteiger partial charge in [-0.05, 0) is 31.5 Å². The summed E-state index contributed by atoms with van der Waals surface area (Å²) in [5.74, 6) is 2.28. The molecule has 0 bridgehead atoms. The second-order valence-electron chi connectivity index (χ2n) is 5.14. The fraction of sp³-hybridized carbons (Fsp3) is 0.375. The molecule has 2 aromatic rings. The third-order valence-electron chi connectivity index (χ3n) is 3.35. The van der Waals surface area contributed by atoms with Crippen LogP contribution in [0.4, 0.5) is 0 Å². The number of aliphatic imine (C=N–C) groups is 1. The zero-order valence-electron chi connectivity index (χ0n) is 13.4. The minimum atomic E-state index is 0.501. The second-order valence-corrected chi connectivity index (χ2v) is 5.57. The highest BCUT2D eigenvalue weighted by Crippen LogP contribution is 2.12. The van der Waals surface area contributed by atoms with Crippen LogP contribution in [-0.4, -0.2) is 29.9 Å². The molecule has 2 rings (SSSR count). The topological polar surface area (TPSA) is 53.7 Å². The molecule has 6 heteroatoms. The average molecular weight is 321 g/mol. The summed E-state index contributed by atoms with van der Waals surface area (Å²) in [7, 11) is 3.73. The fourth-order valence-corrected chi connectivity index (χ4v) is 2.35. The largest absolute Gasteiger partial charge is 0.444 e. The van der Waals surface area contributed by atoms with E-state index in [9.17, 15) is 0 Å². The first kappa shape index (κ1) is 16.4. The van der Waals surface area contributed by atoms with Crippen molar-refractivity contribution in [3.8, 4) is 0 Å². The van der Waals surface area contributed by atoms with Crippen LogP contribution in [-0.2, 0) is 13.1 Å². The molecular formula is C16H21ClN4O. The van der Waals surface area contributed by atoms with Crippen molar-refractivity contribution in [1.29, 1.82) is 0 Å². The van der Waals surface area contributed by atoms with Crippen LogP contribution in [0.2, 0.25) is 5.02 Å². The van der Waals surface area contributed by atoms with Crippen molar-refractivity contribution in [1.82, 2.24) is 15.2 Å². The molecule has 1 aromatic carbocycles. The van der Waals surface area contributed by atoms with E-state index in [-0.39, 0.29) is 0 Å². The van der Waals surface area contributed by atoms with E-state index in [0.717, 1.165) is 28.0 Å². The maximum Gasteiger partial charge on any atom is 0.214 e. The monoisotopic (exact) mass is 320 g/mol. The van der Waals surface area contributed by atoms with Gasteiger partial charge in [0.15, 0.2) is 5.96 Å². The molecule has 22 heavy (non-hydrogen) atoms. The maximum atomic E-state index is 6.02. The first-order valence-corrected chi connectivity index (χ1v) is 7.46. The maximum absolute atomic E-state index is 6.02. The molecule has 0 aliphatic rings. The Morgan fingerprint density at radius 2 is 2.18 bits per heavy atom. The highest BCUT2D eigenvalue weighted by molar-refractivity contribution is 6.30. The lowest BCUT2D eigenvalue weighted by atomic mass is 10.2. The van der Waals surface area contributed by atoms with Gasteiger partial charge in [-0.25, -0.2) is 4.98 Å². The van der Waals surface area contributed by atoms with Crippen molar-refractivity contribution in [3.63, 3.8) is 0 Å². The van der Waals surface area contributed by atoms with Gasteiger partial charge in [0.1, 0.15) is 5.76 Å². The number of nitrogens with one attached hydrogen (secondary N) is 1. The number of hydrogen-bond acceptors (Lipinski definition) is 3. The number of nitrogens with zero attached hydrogens (tertiary/aromatic N) is 3. The van der Waals surface area contributed by atoms with Gasteiger partial charge in [0, 0.05) is 25.7 Å². The minimum absolute atomic E-state index is 0.501. The van der Waals surface area contributed by atoms with Gasteiger partial charge in [0.2, 0.25) is 5.89 Å². The standard InChI is InChI=1S/C16H21ClN4O/c1-11-12(2)22-15(20-11)9-19-16(18-3)21(4)10-13-6-5-7-14(17)8-13/h5-8H,9-10H2,1-4H3,(H,18,19). The van der Waals surface area contributed by atoms with E-state index in [2.05, 4.69) is 15.3 Å². The van der Waals surface area contributed by atoms with E-state index in [1.165, 1.54) is 0 Å². The molecule has 0 aliphatic carbocycles. The van der Waals surface area contributed by atoms with E-state index in [4.69, 9.17) is 16.0 Å². The summed E-state index contributed by atoms with van der Waals surface area (Å²) in [6.07, 6.45) is 0. The zero-order chi connectivity index (χ0) is 16.1. The third-order valence-corrected chi connectivity index (χ3v) is 3.59. The van der Waals surface area contributed by atoms with E-state index in [0.29, 0.717) is 19.0 Å². The van der Waals surface area contributed by atoms with Gasteiger partial charge < -0.3 is 14.6 Å². The number of guanidine groups is 1. The lowest BCUT2D eigenvalue weighted by Crippen LogP contribution is -2.38. The van der Waals surface area contributed by atoms with E-state index < -0.39 is 0 Å². The molecule has 0 atom stereocenters. The first-order valence-electron chi connectivity index (χ1n) is 7.08. The van der Waals surface area contributed by atoms with Crippen LogP contribution >= 0.6 is 11.6 Å². The molecule has 0 saturated carbocycles. The molecule has 118 valence electrons. The Bertz CT molecular complexity index is 646. The molecule has 0 amide bonds. The number of halogens is 1. The molecule has 0 aliphatic heterocycles. The molecule has 1 aromatic heterocycles. The molecular weight excluding hydrogens is 300 g/mol. The molecule has 1 heterocycles. The summed E-state index contributed by atoms with van der Waals surface area (Å²) in [6.45, 7) is 5.06. The summed E-state index contributed by atoms with van der Waals surface area (Å²) in [5.41, 5.74) is 2.04. The van der Waals surface area contributed by atoms with E-state index in [1.807, 2.05) is 50.1 Å². The molecule has 0 unspecified atom stereocenters. The Kier molecular flexibility index (Phi) is 5.44. The van der Waals surface area contributed by atoms with Crippen LogP contribution in [0.25, 0.3) is 0 Å². The molecule has 0 radical (unpaired) electrons. The predicted octanol–water partition coefficient (Wildman–Crippen LogP) is 3.15. The quantitative estimate of drug-likeness (QED) is 0.694. The molecule has 0 saturated heterocycles. The zero-order valence-corrected chi connectivity index (χ0v) is 14.1. The number of rotatable bonds is 4. The fourth-order valence-electron chi connectivity index (χ4n) is 2.14. The van der Waals surface area contributed by atoms with Gasteiger partial charge >= 0.3 is 0 Å². The Labute approximate surface area is 136 Å². The SMILES string of the molecule is CN=C(NCc1nc(C)c(C)o1)N(C)Cc1cccc(Cl)c1. The number of aryl methyl sites for hydroxylation is 2. The van der Waals surface area contributed by atoms with Crippen molar-refractivity contribution < 1.29 is 4.42 Å². The predicted molar refractivity (Wildman–Crippen MR) is 89.1 cm³/mol. The van der Waals surface area contributed by atoms with Gasteiger partial charge in [-0.15, -0.1) is 0 Å². The highest BCUT2D eigenvalue weighted by Gasteiger charge is 2.10.